The highest BCUT2D eigenvalue weighted by Gasteiger charge is 2.21. The van der Waals surface area contributed by atoms with E-state index in [2.05, 4.69) is 15.2 Å². The summed E-state index contributed by atoms with van der Waals surface area (Å²) in [5.41, 5.74) is 0.729. The fourth-order valence-electron chi connectivity index (χ4n) is 1.70. The zero-order chi connectivity index (χ0) is 15.9. The lowest BCUT2D eigenvalue weighted by atomic mass is 10.3. The monoisotopic (exact) mass is 317 g/mol. The molecular weight excluding hydrogens is 302 g/mol. The Labute approximate surface area is 132 Å². The zero-order valence-corrected chi connectivity index (χ0v) is 13.1. The van der Waals surface area contributed by atoms with Crippen molar-refractivity contribution in [3.63, 3.8) is 0 Å². The zero-order valence-electron chi connectivity index (χ0n) is 12.3. The Hall–Kier alpha value is -2.40. The summed E-state index contributed by atoms with van der Waals surface area (Å²) in [6, 6.07) is 5.62. The van der Waals surface area contributed by atoms with Crippen LogP contribution in [0.25, 0.3) is 11.5 Å². The molecule has 0 aliphatic heterocycles. The van der Waals surface area contributed by atoms with Gasteiger partial charge in [0.2, 0.25) is 11.8 Å². The average molecular weight is 317 g/mol. The van der Waals surface area contributed by atoms with Crippen molar-refractivity contribution in [1.29, 1.82) is 5.26 Å². The van der Waals surface area contributed by atoms with Crippen molar-refractivity contribution in [3.05, 3.63) is 24.5 Å². The van der Waals surface area contributed by atoms with Crippen LogP contribution in [0.3, 0.4) is 0 Å². The maximum absolute atomic E-state index is 12.1. The van der Waals surface area contributed by atoms with Crippen LogP contribution in [0.5, 0.6) is 0 Å². The molecule has 0 N–H and O–H groups in total. The fraction of sp³-hybridized carbons (Fsp3) is 0.357. The van der Waals surface area contributed by atoms with Crippen LogP contribution in [0.15, 0.2) is 34.2 Å². The van der Waals surface area contributed by atoms with E-state index in [-0.39, 0.29) is 11.2 Å². The van der Waals surface area contributed by atoms with Crippen molar-refractivity contribution < 1.29 is 9.21 Å². The first-order valence-corrected chi connectivity index (χ1v) is 7.52. The van der Waals surface area contributed by atoms with Crippen LogP contribution in [0.4, 0.5) is 0 Å². The van der Waals surface area contributed by atoms with Crippen molar-refractivity contribution >= 4 is 17.7 Å². The van der Waals surface area contributed by atoms with E-state index in [4.69, 9.17) is 9.68 Å². The van der Waals surface area contributed by atoms with E-state index < -0.39 is 0 Å². The number of carbonyl (C=O) groups is 1. The van der Waals surface area contributed by atoms with E-state index in [1.165, 1.54) is 16.7 Å². The van der Waals surface area contributed by atoms with Crippen LogP contribution in [0.2, 0.25) is 0 Å². The number of carbonyl (C=O) groups excluding carboxylic acids is 1. The summed E-state index contributed by atoms with van der Waals surface area (Å²) in [5, 5.41) is 16.4. The van der Waals surface area contributed by atoms with Gasteiger partial charge in [-0.15, -0.1) is 10.2 Å². The normalized spacial score (nSPS) is 11.7. The first-order chi connectivity index (χ1) is 10.6. The minimum absolute atomic E-state index is 0.0821. The number of aromatic nitrogens is 3. The van der Waals surface area contributed by atoms with Gasteiger partial charge in [0.1, 0.15) is 0 Å². The quantitative estimate of drug-likeness (QED) is 0.751. The van der Waals surface area contributed by atoms with Gasteiger partial charge in [0.05, 0.1) is 23.3 Å². The predicted molar refractivity (Wildman–Crippen MR) is 80.7 cm³/mol. The molecule has 1 atom stereocenters. The smallest absolute Gasteiger partial charge is 0.277 e. The van der Waals surface area contributed by atoms with Gasteiger partial charge in [-0.25, -0.2) is 0 Å². The lowest BCUT2D eigenvalue weighted by molar-refractivity contribution is -0.128. The maximum Gasteiger partial charge on any atom is 0.277 e. The van der Waals surface area contributed by atoms with Gasteiger partial charge in [-0.3, -0.25) is 9.78 Å². The Morgan fingerprint density at radius 1 is 1.55 bits per heavy atom. The Balaban J connectivity index is 1.98. The molecule has 0 unspecified atom stereocenters. The minimum atomic E-state index is -0.370. The third-order valence-electron chi connectivity index (χ3n) is 2.88. The predicted octanol–water partition coefficient (Wildman–Crippen LogP) is 1.98. The molecule has 114 valence electrons. The summed E-state index contributed by atoms with van der Waals surface area (Å²) in [6.07, 6.45) is 3.60. The molecule has 0 saturated heterocycles. The number of amides is 1. The molecule has 0 aliphatic rings. The Bertz CT molecular complexity index is 667. The van der Waals surface area contributed by atoms with E-state index >= 15 is 0 Å². The molecule has 0 fully saturated rings. The third-order valence-corrected chi connectivity index (χ3v) is 3.80. The topological polar surface area (TPSA) is 95.9 Å². The number of nitriles is 1. The largest absolute Gasteiger partial charge is 0.411 e. The van der Waals surface area contributed by atoms with E-state index in [0.717, 1.165) is 5.56 Å². The molecule has 2 aromatic heterocycles. The molecule has 0 aromatic carbocycles. The summed E-state index contributed by atoms with van der Waals surface area (Å²) in [7, 11) is 1.67. The summed E-state index contributed by atoms with van der Waals surface area (Å²) in [5.74, 6) is 0.287. The van der Waals surface area contributed by atoms with Gasteiger partial charge in [-0.1, -0.05) is 11.8 Å². The minimum Gasteiger partial charge on any atom is -0.411 e. The van der Waals surface area contributed by atoms with Crippen LogP contribution in [-0.4, -0.2) is 44.8 Å². The standard InChI is InChI=1S/C14H15N5O2S/c1-10(13(20)19(2)8-4-6-15)22-14-18-17-12(21-14)11-5-3-7-16-9-11/h3,5,7,9-10H,4,8H2,1-2H3/t10-/m0/s1. The van der Waals surface area contributed by atoms with E-state index in [1.807, 2.05) is 12.1 Å². The van der Waals surface area contributed by atoms with Crippen LogP contribution in [0.1, 0.15) is 13.3 Å². The Morgan fingerprint density at radius 2 is 2.36 bits per heavy atom. The Kier molecular flexibility index (Phi) is 5.49. The molecule has 0 spiro atoms. The summed E-state index contributed by atoms with van der Waals surface area (Å²) < 4.78 is 5.53. The average Bonchev–Trinajstić information content (AvgIpc) is 3.01. The van der Waals surface area contributed by atoms with E-state index in [0.29, 0.717) is 24.1 Å². The SMILES string of the molecule is C[C@H](Sc1nnc(-c2cccnc2)o1)C(=O)N(C)CCC#N. The molecule has 0 radical (unpaired) electrons. The van der Waals surface area contributed by atoms with Crippen LogP contribution < -0.4 is 0 Å². The number of hydrogen-bond acceptors (Lipinski definition) is 7. The second kappa shape index (κ2) is 7.56. The molecule has 0 aliphatic carbocycles. The number of nitrogens with zero attached hydrogens (tertiary/aromatic N) is 5. The van der Waals surface area contributed by atoms with Crippen molar-refractivity contribution in [2.75, 3.05) is 13.6 Å². The van der Waals surface area contributed by atoms with Gasteiger partial charge in [0.25, 0.3) is 5.22 Å². The highest BCUT2D eigenvalue weighted by molar-refractivity contribution is 8.00. The van der Waals surface area contributed by atoms with E-state index in [1.54, 1.807) is 32.4 Å². The molecule has 2 aromatic rings. The van der Waals surface area contributed by atoms with Crippen LogP contribution >= 0.6 is 11.8 Å². The van der Waals surface area contributed by atoms with Crippen molar-refractivity contribution in [2.45, 2.75) is 23.8 Å². The second-order valence-corrected chi connectivity index (χ2v) is 5.83. The number of thioether (sulfide) groups is 1. The maximum atomic E-state index is 12.1. The van der Waals surface area contributed by atoms with Gasteiger partial charge in [-0.05, 0) is 19.1 Å². The highest BCUT2D eigenvalue weighted by atomic mass is 32.2. The molecule has 0 saturated carbocycles. The molecular formula is C14H15N5O2S. The van der Waals surface area contributed by atoms with Crippen molar-refractivity contribution in [2.24, 2.45) is 0 Å². The molecule has 2 rings (SSSR count). The van der Waals surface area contributed by atoms with Gasteiger partial charge >= 0.3 is 0 Å². The molecule has 0 bridgehead atoms. The number of rotatable bonds is 6. The molecule has 8 heteroatoms. The van der Waals surface area contributed by atoms with Crippen LogP contribution in [0, 0.1) is 11.3 Å². The first-order valence-electron chi connectivity index (χ1n) is 6.64. The fourth-order valence-corrected chi connectivity index (χ4v) is 2.50. The lowest BCUT2D eigenvalue weighted by Crippen LogP contribution is -2.33. The first kappa shape index (κ1) is 16.0. The van der Waals surface area contributed by atoms with Gasteiger partial charge < -0.3 is 9.32 Å². The molecule has 1 amide bonds. The molecule has 7 nitrogen and oxygen atoms in total. The molecule has 22 heavy (non-hydrogen) atoms. The summed E-state index contributed by atoms with van der Waals surface area (Å²) in [6.45, 7) is 2.18. The highest BCUT2D eigenvalue weighted by Crippen LogP contribution is 2.26. The third kappa shape index (κ3) is 4.05. The Morgan fingerprint density at radius 3 is 3.05 bits per heavy atom. The second-order valence-electron chi connectivity index (χ2n) is 4.54. The molecule has 2 heterocycles. The lowest BCUT2D eigenvalue weighted by Gasteiger charge is -2.18. The van der Waals surface area contributed by atoms with Gasteiger partial charge in [0.15, 0.2) is 0 Å². The van der Waals surface area contributed by atoms with E-state index in [9.17, 15) is 4.79 Å². The van der Waals surface area contributed by atoms with Crippen molar-refractivity contribution in [1.82, 2.24) is 20.1 Å². The van der Waals surface area contributed by atoms with Gasteiger partial charge in [0, 0.05) is 26.0 Å². The van der Waals surface area contributed by atoms with Crippen molar-refractivity contribution in [3.8, 4) is 17.5 Å². The number of hydrogen-bond donors (Lipinski definition) is 0. The van der Waals surface area contributed by atoms with Gasteiger partial charge in [-0.2, -0.15) is 5.26 Å². The number of pyridine rings is 1. The van der Waals surface area contributed by atoms with Crippen LogP contribution in [-0.2, 0) is 4.79 Å². The summed E-state index contributed by atoms with van der Waals surface area (Å²) >= 11 is 1.19. The summed E-state index contributed by atoms with van der Waals surface area (Å²) in [4.78, 5) is 17.6.